The van der Waals surface area contributed by atoms with Gasteiger partial charge in [-0.25, -0.2) is 4.79 Å². The smallest absolute Gasteiger partial charge is 0.319 e. The fourth-order valence-electron chi connectivity index (χ4n) is 2.89. The van der Waals surface area contributed by atoms with Gasteiger partial charge >= 0.3 is 6.03 Å². The molecule has 0 bridgehead atoms. The van der Waals surface area contributed by atoms with E-state index in [-0.39, 0.29) is 24.4 Å². The number of urea groups is 1. The fraction of sp³-hybridized carbons (Fsp3) is 0.263. The van der Waals surface area contributed by atoms with Crippen LogP contribution in [0.25, 0.3) is 0 Å². The molecule has 0 aliphatic carbocycles. The molecule has 6 nitrogen and oxygen atoms in total. The first-order valence-corrected chi connectivity index (χ1v) is 8.14. The number of methoxy groups -OCH3 is 1. The van der Waals surface area contributed by atoms with Crippen molar-refractivity contribution < 1.29 is 14.3 Å². The summed E-state index contributed by atoms with van der Waals surface area (Å²) in [6.07, 6.45) is 0.285. The molecule has 2 aromatic rings. The van der Waals surface area contributed by atoms with E-state index in [0.29, 0.717) is 6.54 Å². The summed E-state index contributed by atoms with van der Waals surface area (Å²) in [5, 5.41) is 5.66. The lowest BCUT2D eigenvalue weighted by Gasteiger charge is -2.18. The summed E-state index contributed by atoms with van der Waals surface area (Å²) in [6, 6.07) is 14.3. The minimum absolute atomic E-state index is 0.00831. The summed E-state index contributed by atoms with van der Waals surface area (Å²) in [5.74, 6) is 0.730. The number of amides is 3. The van der Waals surface area contributed by atoms with Crippen LogP contribution in [0.4, 0.5) is 16.2 Å². The predicted molar refractivity (Wildman–Crippen MR) is 97.1 cm³/mol. The third-order valence-corrected chi connectivity index (χ3v) is 4.12. The van der Waals surface area contributed by atoms with Gasteiger partial charge < -0.3 is 20.3 Å². The van der Waals surface area contributed by atoms with Gasteiger partial charge in [0.2, 0.25) is 5.91 Å². The molecule has 0 spiro atoms. The van der Waals surface area contributed by atoms with Gasteiger partial charge in [0.1, 0.15) is 5.75 Å². The largest absolute Gasteiger partial charge is 0.497 e. The predicted octanol–water partition coefficient (Wildman–Crippen LogP) is 2.93. The molecule has 1 aliphatic rings. The number of carbonyl (C=O) groups excluding carboxylic acids is 2. The molecule has 6 heteroatoms. The van der Waals surface area contributed by atoms with Crippen LogP contribution in [0.2, 0.25) is 0 Å². The number of nitrogens with zero attached hydrogens (tertiary/aromatic N) is 1. The zero-order valence-corrected chi connectivity index (χ0v) is 14.3. The maximum absolute atomic E-state index is 12.2. The Bertz CT molecular complexity index is 774. The van der Waals surface area contributed by atoms with Gasteiger partial charge in [0.05, 0.1) is 13.2 Å². The quantitative estimate of drug-likeness (QED) is 0.900. The van der Waals surface area contributed by atoms with Crippen LogP contribution >= 0.6 is 0 Å². The van der Waals surface area contributed by atoms with E-state index in [2.05, 4.69) is 10.6 Å². The third-order valence-electron chi connectivity index (χ3n) is 4.12. The van der Waals surface area contributed by atoms with Gasteiger partial charge in [-0.3, -0.25) is 4.79 Å². The lowest BCUT2D eigenvalue weighted by atomic mass is 10.2. The molecule has 3 rings (SSSR count). The van der Waals surface area contributed by atoms with Crippen LogP contribution in [-0.4, -0.2) is 31.6 Å². The van der Waals surface area contributed by atoms with Crippen molar-refractivity contribution in [2.24, 2.45) is 0 Å². The Morgan fingerprint density at radius 3 is 2.64 bits per heavy atom. The Balaban J connectivity index is 1.59. The lowest BCUT2D eigenvalue weighted by Crippen LogP contribution is -2.39. The van der Waals surface area contributed by atoms with Crippen molar-refractivity contribution in [2.45, 2.75) is 19.4 Å². The number of nitrogens with one attached hydrogen (secondary N) is 2. The maximum Gasteiger partial charge on any atom is 0.319 e. The summed E-state index contributed by atoms with van der Waals surface area (Å²) in [5.41, 5.74) is 2.60. The molecule has 1 heterocycles. The third kappa shape index (κ3) is 4.09. The molecule has 3 amide bonds. The van der Waals surface area contributed by atoms with Crippen LogP contribution in [-0.2, 0) is 4.79 Å². The SMILES string of the molecule is COc1ccc(N2C[C@H](NC(=O)Nc3cccc(C)c3)CC2=O)cc1. The first-order valence-electron chi connectivity index (χ1n) is 8.14. The van der Waals surface area contributed by atoms with Crippen LogP contribution in [0.5, 0.6) is 5.75 Å². The van der Waals surface area contributed by atoms with E-state index >= 15 is 0 Å². The molecule has 25 heavy (non-hydrogen) atoms. The second-order valence-corrected chi connectivity index (χ2v) is 6.07. The van der Waals surface area contributed by atoms with E-state index in [1.54, 1.807) is 12.0 Å². The van der Waals surface area contributed by atoms with Gasteiger partial charge in [-0.15, -0.1) is 0 Å². The van der Waals surface area contributed by atoms with E-state index in [1.165, 1.54) is 0 Å². The lowest BCUT2D eigenvalue weighted by molar-refractivity contribution is -0.117. The Hall–Kier alpha value is -3.02. The monoisotopic (exact) mass is 339 g/mol. The molecule has 1 saturated heterocycles. The Morgan fingerprint density at radius 2 is 1.96 bits per heavy atom. The fourth-order valence-corrected chi connectivity index (χ4v) is 2.89. The van der Waals surface area contributed by atoms with Gasteiger partial charge in [-0.05, 0) is 48.9 Å². The molecule has 1 aliphatic heterocycles. The molecule has 1 atom stereocenters. The molecule has 2 aromatic carbocycles. The Kier molecular flexibility index (Phi) is 4.88. The summed E-state index contributed by atoms with van der Waals surface area (Å²) >= 11 is 0. The van der Waals surface area contributed by atoms with Crippen molar-refractivity contribution >= 4 is 23.3 Å². The van der Waals surface area contributed by atoms with Gasteiger partial charge in [0, 0.05) is 24.3 Å². The highest BCUT2D eigenvalue weighted by Crippen LogP contribution is 2.24. The van der Waals surface area contributed by atoms with Crippen LogP contribution < -0.4 is 20.3 Å². The van der Waals surface area contributed by atoms with Gasteiger partial charge in [-0.2, -0.15) is 0 Å². The number of aryl methyl sites for hydroxylation is 1. The molecule has 0 radical (unpaired) electrons. The minimum atomic E-state index is -0.306. The highest BCUT2D eigenvalue weighted by atomic mass is 16.5. The van der Waals surface area contributed by atoms with E-state index in [0.717, 1.165) is 22.7 Å². The van der Waals surface area contributed by atoms with Crippen LogP contribution in [0.1, 0.15) is 12.0 Å². The molecular formula is C19H21N3O3. The number of anilines is 2. The minimum Gasteiger partial charge on any atom is -0.497 e. The van der Waals surface area contributed by atoms with Gasteiger partial charge in [-0.1, -0.05) is 12.1 Å². The van der Waals surface area contributed by atoms with E-state index in [9.17, 15) is 9.59 Å². The molecule has 2 N–H and O–H groups in total. The van der Waals surface area contributed by atoms with Crippen LogP contribution in [0.15, 0.2) is 48.5 Å². The van der Waals surface area contributed by atoms with Crippen LogP contribution in [0, 0.1) is 6.92 Å². The van der Waals surface area contributed by atoms with Gasteiger partial charge in [0.25, 0.3) is 0 Å². The number of carbonyl (C=O) groups is 2. The highest BCUT2D eigenvalue weighted by Gasteiger charge is 2.31. The van der Waals surface area contributed by atoms with Crippen molar-refractivity contribution in [1.82, 2.24) is 5.32 Å². The van der Waals surface area contributed by atoms with Crippen molar-refractivity contribution in [3.63, 3.8) is 0 Å². The normalized spacial score (nSPS) is 16.6. The van der Waals surface area contributed by atoms with E-state index in [1.807, 2.05) is 55.5 Å². The van der Waals surface area contributed by atoms with E-state index < -0.39 is 0 Å². The maximum atomic E-state index is 12.2. The second kappa shape index (κ2) is 7.25. The van der Waals surface area contributed by atoms with Crippen LogP contribution in [0.3, 0.4) is 0 Å². The first kappa shape index (κ1) is 16.8. The summed E-state index contributed by atoms with van der Waals surface area (Å²) in [6.45, 7) is 2.41. The molecule has 0 aromatic heterocycles. The molecule has 130 valence electrons. The molecule has 0 saturated carbocycles. The van der Waals surface area contributed by atoms with E-state index in [4.69, 9.17) is 4.74 Å². The topological polar surface area (TPSA) is 70.7 Å². The van der Waals surface area contributed by atoms with Crippen molar-refractivity contribution in [3.8, 4) is 5.75 Å². The standard InChI is InChI=1S/C19H21N3O3/c1-13-4-3-5-14(10-13)20-19(24)21-15-11-18(23)22(12-15)16-6-8-17(25-2)9-7-16/h3-10,15H,11-12H2,1-2H3,(H2,20,21,24)/t15-/m1/s1. The number of ether oxygens (including phenoxy) is 1. The second-order valence-electron chi connectivity index (χ2n) is 6.07. The number of hydrogen-bond donors (Lipinski definition) is 2. The highest BCUT2D eigenvalue weighted by molar-refractivity contribution is 5.97. The summed E-state index contributed by atoms with van der Waals surface area (Å²) in [7, 11) is 1.60. The van der Waals surface area contributed by atoms with Crippen molar-refractivity contribution in [2.75, 3.05) is 23.9 Å². The summed E-state index contributed by atoms with van der Waals surface area (Å²) in [4.78, 5) is 26.1. The number of benzene rings is 2. The summed E-state index contributed by atoms with van der Waals surface area (Å²) < 4.78 is 5.13. The molecule has 1 fully saturated rings. The average Bonchev–Trinajstić information content (AvgIpc) is 2.95. The average molecular weight is 339 g/mol. The molecule has 0 unspecified atom stereocenters. The first-order chi connectivity index (χ1) is 12.0. The zero-order valence-electron chi connectivity index (χ0n) is 14.3. The zero-order chi connectivity index (χ0) is 17.8. The van der Waals surface area contributed by atoms with Gasteiger partial charge in [0.15, 0.2) is 0 Å². The number of rotatable bonds is 4. The van der Waals surface area contributed by atoms with Crippen molar-refractivity contribution in [3.05, 3.63) is 54.1 Å². The Morgan fingerprint density at radius 1 is 1.20 bits per heavy atom. The number of hydrogen-bond acceptors (Lipinski definition) is 3. The molecular weight excluding hydrogens is 318 g/mol. The van der Waals surface area contributed by atoms with Crippen molar-refractivity contribution in [1.29, 1.82) is 0 Å². The Labute approximate surface area is 146 Å².